The summed E-state index contributed by atoms with van der Waals surface area (Å²) in [5.74, 6) is -0.553. The van der Waals surface area contributed by atoms with Gasteiger partial charge in [0, 0.05) is 20.0 Å². The van der Waals surface area contributed by atoms with Gasteiger partial charge in [-0.1, -0.05) is 36.4 Å². The van der Waals surface area contributed by atoms with E-state index in [0.29, 0.717) is 29.5 Å². The van der Waals surface area contributed by atoms with E-state index in [9.17, 15) is 45.1 Å². The van der Waals surface area contributed by atoms with Gasteiger partial charge in [-0.3, -0.25) is 0 Å². The van der Waals surface area contributed by atoms with Crippen molar-refractivity contribution in [2.45, 2.75) is 69.7 Å². The Hall–Kier alpha value is -4.62. The van der Waals surface area contributed by atoms with Gasteiger partial charge in [-0.25, -0.2) is 14.0 Å². The monoisotopic (exact) mass is 681 g/mol. The number of urea groups is 1. The number of rotatable bonds is 8. The van der Waals surface area contributed by atoms with E-state index in [0.717, 1.165) is 10.5 Å². The number of halogens is 7. The molecule has 3 aromatic carbocycles. The molecular formula is C34H34F7N3O4. The van der Waals surface area contributed by atoms with Crippen molar-refractivity contribution in [3.8, 4) is 0 Å². The maximum Gasteiger partial charge on any atom is 0.416 e. The van der Waals surface area contributed by atoms with E-state index in [2.05, 4.69) is 5.32 Å². The summed E-state index contributed by atoms with van der Waals surface area (Å²) in [4.78, 5) is 41.2. The molecule has 258 valence electrons. The Kier molecular flexibility index (Phi) is 10.7. The Labute approximate surface area is 272 Å². The van der Waals surface area contributed by atoms with Crippen LogP contribution in [0.1, 0.15) is 71.7 Å². The van der Waals surface area contributed by atoms with Gasteiger partial charge in [0.1, 0.15) is 18.7 Å². The summed E-state index contributed by atoms with van der Waals surface area (Å²) in [6, 6.07) is 11.0. The standard InChI is InChI=1S/C34H34F7N3O4/c1-21-15-27(35)9-10-28(21)29-19-32(12-14-45,42-30(46)48-20-23-7-5-4-6-8-23)11-13-44(29)31(47)43(3)22(2)24-16-25(33(36,37)38)18-26(17-24)34(39,40)41/h4-10,14-18,22,29H,11-13,19-20H2,1-3H3,(H,42,46)/t22-,29+,32?/m0/s1. The highest BCUT2D eigenvalue weighted by molar-refractivity contribution is 5.76. The van der Waals surface area contributed by atoms with E-state index in [1.165, 1.54) is 37.1 Å². The average molecular weight is 682 g/mol. The van der Waals surface area contributed by atoms with Crippen LogP contribution in [-0.2, 0) is 28.5 Å². The number of nitrogens with zero attached hydrogens (tertiary/aromatic N) is 2. The summed E-state index contributed by atoms with van der Waals surface area (Å²) >= 11 is 0. The predicted molar refractivity (Wildman–Crippen MR) is 161 cm³/mol. The molecule has 1 unspecified atom stereocenters. The average Bonchev–Trinajstić information content (AvgIpc) is 3.02. The minimum atomic E-state index is -5.08. The third-order valence-electron chi connectivity index (χ3n) is 8.66. The minimum Gasteiger partial charge on any atom is -0.445 e. The van der Waals surface area contributed by atoms with Gasteiger partial charge < -0.3 is 24.6 Å². The molecule has 3 aromatic rings. The molecule has 1 fully saturated rings. The Bertz CT molecular complexity index is 1600. The molecule has 14 heteroatoms. The van der Waals surface area contributed by atoms with Crippen LogP contribution in [0, 0.1) is 12.7 Å². The SMILES string of the molecule is Cc1cc(F)ccc1[C@H]1CC(CC=O)(NC(=O)OCc2ccccc2)CCN1C(=O)N(C)[C@@H](C)c1cc(C(F)(F)F)cc(C(F)(F)F)c1. The molecule has 48 heavy (non-hydrogen) atoms. The number of carbonyl (C=O) groups excluding carboxylic acids is 3. The zero-order chi connectivity index (χ0) is 35.4. The summed E-state index contributed by atoms with van der Waals surface area (Å²) in [5.41, 5.74) is -2.99. The first kappa shape index (κ1) is 36.2. The molecular weight excluding hydrogens is 647 g/mol. The summed E-state index contributed by atoms with van der Waals surface area (Å²) in [7, 11) is 1.25. The molecule has 3 atom stereocenters. The Morgan fingerprint density at radius 2 is 1.65 bits per heavy atom. The molecule has 1 heterocycles. The third kappa shape index (κ3) is 8.45. The first-order valence-electron chi connectivity index (χ1n) is 15.0. The number of benzene rings is 3. The highest BCUT2D eigenvalue weighted by Crippen LogP contribution is 2.42. The van der Waals surface area contributed by atoms with E-state index < -0.39 is 64.6 Å². The Morgan fingerprint density at radius 3 is 2.21 bits per heavy atom. The van der Waals surface area contributed by atoms with E-state index in [-0.39, 0.29) is 38.5 Å². The fourth-order valence-corrected chi connectivity index (χ4v) is 5.89. The van der Waals surface area contributed by atoms with Crippen LogP contribution in [0.5, 0.6) is 0 Å². The number of likely N-dealkylation sites (tertiary alicyclic amines) is 1. The second kappa shape index (κ2) is 14.2. The summed E-state index contributed by atoms with van der Waals surface area (Å²) in [5, 5.41) is 2.78. The van der Waals surface area contributed by atoms with Crippen LogP contribution in [-0.4, -0.2) is 47.3 Å². The van der Waals surface area contributed by atoms with Gasteiger partial charge in [-0.15, -0.1) is 0 Å². The van der Waals surface area contributed by atoms with Gasteiger partial charge >= 0.3 is 24.5 Å². The molecule has 0 aliphatic carbocycles. The van der Waals surface area contributed by atoms with Crippen LogP contribution in [0.4, 0.5) is 40.3 Å². The topological polar surface area (TPSA) is 79.0 Å². The number of nitrogens with one attached hydrogen (secondary N) is 1. The van der Waals surface area contributed by atoms with Gasteiger partial charge in [-0.2, -0.15) is 26.3 Å². The lowest BCUT2D eigenvalue weighted by molar-refractivity contribution is -0.143. The van der Waals surface area contributed by atoms with Crippen molar-refractivity contribution in [1.82, 2.24) is 15.1 Å². The van der Waals surface area contributed by atoms with Crippen LogP contribution in [0.25, 0.3) is 0 Å². The van der Waals surface area contributed by atoms with E-state index in [4.69, 9.17) is 4.74 Å². The largest absolute Gasteiger partial charge is 0.445 e. The summed E-state index contributed by atoms with van der Waals surface area (Å²) in [6.07, 6.45) is -10.5. The van der Waals surface area contributed by atoms with Crippen molar-refractivity contribution in [3.63, 3.8) is 0 Å². The van der Waals surface area contributed by atoms with Gasteiger partial charge in [0.05, 0.1) is 28.7 Å². The summed E-state index contributed by atoms with van der Waals surface area (Å²) < 4.78 is 101. The first-order valence-corrected chi connectivity index (χ1v) is 15.0. The second-order valence-corrected chi connectivity index (χ2v) is 11.9. The normalized spacial score (nSPS) is 19.0. The van der Waals surface area contributed by atoms with Crippen molar-refractivity contribution in [3.05, 3.63) is 106 Å². The molecule has 0 saturated carbocycles. The zero-order valence-corrected chi connectivity index (χ0v) is 26.3. The van der Waals surface area contributed by atoms with Gasteiger partial charge in [0.15, 0.2) is 0 Å². The number of ether oxygens (including phenoxy) is 1. The number of hydrogen-bond donors (Lipinski definition) is 1. The van der Waals surface area contributed by atoms with E-state index in [1.807, 2.05) is 0 Å². The number of carbonyl (C=O) groups is 3. The fourth-order valence-electron chi connectivity index (χ4n) is 5.89. The minimum absolute atomic E-state index is 0.0144. The number of alkyl halides is 6. The fraction of sp³-hybridized carbons (Fsp3) is 0.382. The van der Waals surface area contributed by atoms with Crippen LogP contribution in [0.2, 0.25) is 0 Å². The summed E-state index contributed by atoms with van der Waals surface area (Å²) in [6.45, 7) is 2.77. The number of alkyl carbamates (subject to hydrolysis) is 1. The number of aldehydes is 1. The van der Waals surface area contributed by atoms with Crippen molar-refractivity contribution < 1.29 is 49.9 Å². The molecule has 1 aliphatic rings. The Balaban J connectivity index is 1.65. The quantitative estimate of drug-likeness (QED) is 0.192. The highest BCUT2D eigenvalue weighted by atomic mass is 19.4. The van der Waals surface area contributed by atoms with Crippen LogP contribution in [0.15, 0.2) is 66.7 Å². The van der Waals surface area contributed by atoms with Crippen molar-refractivity contribution in [2.75, 3.05) is 13.6 Å². The molecule has 4 rings (SSSR count). The number of piperidine rings is 1. The number of hydrogen-bond acceptors (Lipinski definition) is 4. The second-order valence-electron chi connectivity index (χ2n) is 11.9. The van der Waals surface area contributed by atoms with Crippen molar-refractivity contribution in [1.29, 1.82) is 0 Å². The lowest BCUT2D eigenvalue weighted by Crippen LogP contribution is -2.58. The van der Waals surface area contributed by atoms with E-state index >= 15 is 0 Å². The molecule has 0 radical (unpaired) electrons. The van der Waals surface area contributed by atoms with Crippen molar-refractivity contribution >= 4 is 18.4 Å². The molecule has 0 aromatic heterocycles. The maximum absolute atomic E-state index is 14.1. The molecule has 1 aliphatic heterocycles. The number of aryl methyl sites for hydroxylation is 1. The number of amides is 3. The van der Waals surface area contributed by atoms with E-state index in [1.54, 1.807) is 37.3 Å². The lowest BCUT2D eigenvalue weighted by atomic mass is 9.78. The smallest absolute Gasteiger partial charge is 0.416 e. The Morgan fingerprint density at radius 1 is 1.02 bits per heavy atom. The van der Waals surface area contributed by atoms with Crippen LogP contribution >= 0.6 is 0 Å². The van der Waals surface area contributed by atoms with Gasteiger partial charge in [0.2, 0.25) is 0 Å². The van der Waals surface area contributed by atoms with Crippen molar-refractivity contribution in [2.24, 2.45) is 0 Å². The van der Waals surface area contributed by atoms with Crippen LogP contribution < -0.4 is 5.32 Å². The first-order chi connectivity index (χ1) is 22.4. The molecule has 0 spiro atoms. The molecule has 0 bridgehead atoms. The molecule has 1 saturated heterocycles. The molecule has 3 amide bonds. The lowest BCUT2D eigenvalue weighted by Gasteiger charge is -2.48. The third-order valence-corrected chi connectivity index (χ3v) is 8.66. The van der Waals surface area contributed by atoms with Gasteiger partial charge in [-0.05, 0) is 79.3 Å². The molecule has 7 nitrogen and oxygen atoms in total. The maximum atomic E-state index is 14.1. The van der Waals surface area contributed by atoms with Crippen LogP contribution in [0.3, 0.4) is 0 Å². The molecule has 1 N–H and O–H groups in total. The predicted octanol–water partition coefficient (Wildman–Crippen LogP) is 8.38. The van der Waals surface area contributed by atoms with Gasteiger partial charge in [0.25, 0.3) is 0 Å². The zero-order valence-electron chi connectivity index (χ0n) is 26.3. The highest BCUT2D eigenvalue weighted by Gasteiger charge is 2.45.